The minimum atomic E-state index is -3.84. The van der Waals surface area contributed by atoms with E-state index in [4.69, 9.17) is 9.88 Å². The van der Waals surface area contributed by atoms with Gasteiger partial charge < -0.3 is 9.64 Å². The number of fused-ring (bicyclic) bond motifs is 1. The quantitative estimate of drug-likeness (QED) is 0.781. The highest BCUT2D eigenvalue weighted by atomic mass is 32.2. The van der Waals surface area contributed by atoms with Crippen molar-refractivity contribution < 1.29 is 27.1 Å². The second-order valence-corrected chi connectivity index (χ2v) is 8.25. The van der Waals surface area contributed by atoms with E-state index in [1.165, 1.54) is 35.2 Å². The number of aryl methyl sites for hydroxylation is 1. The van der Waals surface area contributed by atoms with E-state index in [0.29, 0.717) is 23.2 Å². The number of anilines is 1. The lowest BCUT2D eigenvalue weighted by atomic mass is 10.1. The molecule has 0 bridgehead atoms. The number of nitrogens with zero attached hydrogens (tertiary/aromatic N) is 1. The molecular weight excluding hydrogens is 387 g/mol. The predicted molar refractivity (Wildman–Crippen MR) is 99.9 cm³/mol. The Labute approximate surface area is 161 Å². The van der Waals surface area contributed by atoms with Gasteiger partial charge in [-0.15, -0.1) is 0 Å². The summed E-state index contributed by atoms with van der Waals surface area (Å²) in [4.78, 5) is 26.1. The van der Waals surface area contributed by atoms with Crippen LogP contribution in [0.15, 0.2) is 41.3 Å². The third-order valence-corrected chi connectivity index (χ3v) is 5.51. The fourth-order valence-corrected chi connectivity index (χ4v) is 3.73. The maximum absolute atomic E-state index is 13.6. The molecule has 0 saturated heterocycles. The lowest BCUT2D eigenvalue weighted by Gasteiger charge is -2.22. The van der Waals surface area contributed by atoms with Crippen LogP contribution in [0.3, 0.4) is 0 Å². The molecule has 2 N–H and O–H groups in total. The largest absolute Gasteiger partial charge is 0.452 e. The van der Waals surface area contributed by atoms with Gasteiger partial charge in [0.1, 0.15) is 5.82 Å². The van der Waals surface area contributed by atoms with E-state index in [9.17, 15) is 22.4 Å². The molecule has 0 saturated carbocycles. The van der Waals surface area contributed by atoms with Gasteiger partial charge in [0.05, 0.1) is 10.5 Å². The normalized spacial score (nSPS) is 16.0. The molecule has 3 rings (SSSR count). The molecule has 1 heterocycles. The van der Waals surface area contributed by atoms with Gasteiger partial charge in [-0.1, -0.05) is 6.07 Å². The van der Waals surface area contributed by atoms with Crippen molar-refractivity contribution in [1.29, 1.82) is 0 Å². The SMILES string of the molecule is Cc1ccc(C(=O)OCC(=O)N2c3ccc(S(N)(=O)=O)cc3CC2C)cc1F. The smallest absolute Gasteiger partial charge is 0.338 e. The molecule has 2 aromatic carbocycles. The first-order valence-corrected chi connectivity index (χ1v) is 10.0. The number of carbonyl (C=O) groups is 2. The molecule has 1 atom stereocenters. The fraction of sp³-hybridized carbons (Fsp3) is 0.263. The van der Waals surface area contributed by atoms with Gasteiger partial charge in [-0.2, -0.15) is 0 Å². The van der Waals surface area contributed by atoms with Crippen molar-refractivity contribution in [3.8, 4) is 0 Å². The topological polar surface area (TPSA) is 107 Å². The number of hydrogen-bond acceptors (Lipinski definition) is 5. The summed E-state index contributed by atoms with van der Waals surface area (Å²) in [5, 5.41) is 5.14. The molecule has 0 radical (unpaired) electrons. The number of benzene rings is 2. The summed E-state index contributed by atoms with van der Waals surface area (Å²) in [7, 11) is -3.84. The van der Waals surface area contributed by atoms with Gasteiger partial charge in [-0.25, -0.2) is 22.7 Å². The molecule has 0 aromatic heterocycles. The number of halogens is 1. The van der Waals surface area contributed by atoms with Gasteiger partial charge in [0, 0.05) is 11.7 Å². The first kappa shape index (κ1) is 20.0. The van der Waals surface area contributed by atoms with Crippen LogP contribution >= 0.6 is 0 Å². The third kappa shape index (κ3) is 3.90. The van der Waals surface area contributed by atoms with Crippen LogP contribution in [0.2, 0.25) is 0 Å². The lowest BCUT2D eigenvalue weighted by Crippen LogP contribution is -2.38. The Kier molecular flexibility index (Phi) is 5.22. The number of carbonyl (C=O) groups excluding carboxylic acids is 2. The van der Waals surface area contributed by atoms with Crippen LogP contribution in [-0.4, -0.2) is 32.9 Å². The minimum Gasteiger partial charge on any atom is -0.452 e. The molecule has 148 valence electrons. The third-order valence-electron chi connectivity index (χ3n) is 4.60. The average molecular weight is 406 g/mol. The summed E-state index contributed by atoms with van der Waals surface area (Å²) in [6.45, 7) is 2.85. The van der Waals surface area contributed by atoms with E-state index in [0.717, 1.165) is 6.07 Å². The summed E-state index contributed by atoms with van der Waals surface area (Å²) >= 11 is 0. The zero-order chi connectivity index (χ0) is 20.6. The second-order valence-electron chi connectivity index (χ2n) is 6.69. The van der Waals surface area contributed by atoms with E-state index in [1.54, 1.807) is 13.8 Å². The molecule has 0 aliphatic carbocycles. The number of primary sulfonamides is 1. The maximum Gasteiger partial charge on any atom is 0.338 e. The number of hydrogen-bond donors (Lipinski definition) is 1. The number of esters is 1. The molecular formula is C19H19FN2O5S. The van der Waals surface area contributed by atoms with Gasteiger partial charge >= 0.3 is 5.97 Å². The molecule has 1 unspecified atom stereocenters. The van der Waals surface area contributed by atoms with Gasteiger partial charge in [-0.05, 0) is 61.7 Å². The van der Waals surface area contributed by atoms with Gasteiger partial charge in [-0.3, -0.25) is 4.79 Å². The van der Waals surface area contributed by atoms with Crippen molar-refractivity contribution in [2.45, 2.75) is 31.2 Å². The van der Waals surface area contributed by atoms with Crippen LogP contribution < -0.4 is 10.0 Å². The second kappa shape index (κ2) is 7.33. The molecule has 1 aliphatic rings. The van der Waals surface area contributed by atoms with Crippen LogP contribution in [0, 0.1) is 12.7 Å². The predicted octanol–water partition coefficient (Wildman–Crippen LogP) is 1.92. The summed E-state index contributed by atoms with van der Waals surface area (Å²) in [6.07, 6.45) is 0.446. The highest BCUT2D eigenvalue weighted by Crippen LogP contribution is 2.33. The Balaban J connectivity index is 1.73. The molecule has 7 nitrogen and oxygen atoms in total. The number of ether oxygens (including phenoxy) is 1. The zero-order valence-corrected chi connectivity index (χ0v) is 16.1. The van der Waals surface area contributed by atoms with Crippen LogP contribution in [0.1, 0.15) is 28.4 Å². The zero-order valence-electron chi connectivity index (χ0n) is 15.3. The van der Waals surface area contributed by atoms with Crippen LogP contribution in [-0.2, 0) is 26.0 Å². The molecule has 1 aliphatic heterocycles. The Hall–Kier alpha value is -2.78. The highest BCUT2D eigenvalue weighted by molar-refractivity contribution is 7.89. The van der Waals surface area contributed by atoms with E-state index in [2.05, 4.69) is 0 Å². The van der Waals surface area contributed by atoms with Crippen molar-refractivity contribution in [3.05, 3.63) is 58.9 Å². The van der Waals surface area contributed by atoms with E-state index >= 15 is 0 Å². The lowest BCUT2D eigenvalue weighted by molar-refractivity contribution is -0.122. The monoisotopic (exact) mass is 406 g/mol. The Morgan fingerprint density at radius 3 is 2.61 bits per heavy atom. The summed E-state index contributed by atoms with van der Waals surface area (Å²) in [5.74, 6) is -1.80. The minimum absolute atomic E-state index is 0.0172. The van der Waals surface area contributed by atoms with Crippen molar-refractivity contribution in [3.63, 3.8) is 0 Å². The van der Waals surface area contributed by atoms with Crippen molar-refractivity contribution in [2.24, 2.45) is 5.14 Å². The Bertz CT molecular complexity index is 1070. The van der Waals surface area contributed by atoms with Gasteiger partial charge in [0.15, 0.2) is 6.61 Å². The van der Waals surface area contributed by atoms with Crippen LogP contribution in [0.5, 0.6) is 0 Å². The molecule has 1 amide bonds. The molecule has 9 heteroatoms. The number of rotatable bonds is 4. The average Bonchev–Trinajstić information content (AvgIpc) is 2.95. The first-order valence-electron chi connectivity index (χ1n) is 8.49. The van der Waals surface area contributed by atoms with Gasteiger partial charge in [0.25, 0.3) is 5.91 Å². The number of amides is 1. The van der Waals surface area contributed by atoms with Crippen molar-refractivity contribution in [2.75, 3.05) is 11.5 Å². The van der Waals surface area contributed by atoms with Crippen LogP contribution in [0.4, 0.5) is 10.1 Å². The fourth-order valence-electron chi connectivity index (χ4n) is 3.16. The van der Waals surface area contributed by atoms with Gasteiger partial charge in [0.2, 0.25) is 10.0 Å². The molecule has 0 spiro atoms. The molecule has 0 fully saturated rings. The standard InChI is InChI=1S/C19H19FN2O5S/c1-11-3-4-13(9-16(11)20)19(24)27-10-18(23)22-12(2)7-14-8-15(28(21,25)26)5-6-17(14)22/h3-6,8-9,12H,7,10H2,1-2H3,(H2,21,25,26). The van der Waals surface area contributed by atoms with Crippen LogP contribution in [0.25, 0.3) is 0 Å². The van der Waals surface area contributed by atoms with E-state index < -0.39 is 34.3 Å². The first-order chi connectivity index (χ1) is 13.1. The Morgan fingerprint density at radius 2 is 1.96 bits per heavy atom. The van der Waals surface area contributed by atoms with Crippen molar-refractivity contribution >= 4 is 27.6 Å². The number of sulfonamides is 1. The highest BCUT2D eigenvalue weighted by Gasteiger charge is 2.32. The summed E-state index contributed by atoms with van der Waals surface area (Å²) < 4.78 is 41.6. The molecule has 28 heavy (non-hydrogen) atoms. The summed E-state index contributed by atoms with van der Waals surface area (Å²) in [6, 6.07) is 7.97. The summed E-state index contributed by atoms with van der Waals surface area (Å²) in [5.41, 5.74) is 1.62. The molecule has 2 aromatic rings. The van der Waals surface area contributed by atoms with Crippen molar-refractivity contribution in [1.82, 2.24) is 0 Å². The Morgan fingerprint density at radius 1 is 1.25 bits per heavy atom. The maximum atomic E-state index is 13.6. The van der Waals surface area contributed by atoms with E-state index in [1.807, 2.05) is 0 Å². The van der Waals surface area contributed by atoms with E-state index in [-0.39, 0.29) is 16.5 Å². The number of nitrogens with two attached hydrogens (primary N) is 1.